The van der Waals surface area contributed by atoms with Crippen molar-refractivity contribution in [1.29, 1.82) is 0 Å². The lowest BCUT2D eigenvalue weighted by molar-refractivity contribution is 0.473. The van der Waals surface area contributed by atoms with Crippen LogP contribution in [0.5, 0.6) is 0 Å². The molecule has 2 rings (SSSR count). The molecule has 1 aromatic heterocycles. The SMILES string of the molecule is CCNC(=NCc1nc(C)c(C)o1)NCCCc1ccccc1Cl.I. The van der Waals surface area contributed by atoms with Crippen LogP contribution in [0.15, 0.2) is 33.7 Å². The number of aliphatic imine (C=N–C) groups is 1. The Morgan fingerprint density at radius 1 is 1.24 bits per heavy atom. The minimum absolute atomic E-state index is 0. The summed E-state index contributed by atoms with van der Waals surface area (Å²) in [6.07, 6.45) is 1.91. The van der Waals surface area contributed by atoms with Crippen LogP contribution < -0.4 is 10.6 Å². The van der Waals surface area contributed by atoms with Crippen molar-refractivity contribution in [3.05, 3.63) is 52.2 Å². The van der Waals surface area contributed by atoms with Crippen LogP contribution in [0.3, 0.4) is 0 Å². The Morgan fingerprint density at radius 2 is 2.00 bits per heavy atom. The standard InChI is InChI=1S/C18H25ClN4O.HI/c1-4-20-18(22-12-17-23-13(2)14(3)24-17)21-11-7-9-15-8-5-6-10-16(15)19;/h5-6,8,10H,4,7,9,11-12H2,1-3H3,(H2,20,21,22);1H. The zero-order chi connectivity index (χ0) is 17.4. The van der Waals surface area contributed by atoms with Gasteiger partial charge in [-0.1, -0.05) is 29.8 Å². The lowest BCUT2D eigenvalue weighted by atomic mass is 10.1. The molecule has 0 saturated heterocycles. The predicted molar refractivity (Wildman–Crippen MR) is 114 cm³/mol. The summed E-state index contributed by atoms with van der Waals surface area (Å²) in [6, 6.07) is 7.96. The number of hydrogen-bond donors (Lipinski definition) is 2. The average molecular weight is 477 g/mol. The van der Waals surface area contributed by atoms with E-state index in [1.807, 2.05) is 39.0 Å². The molecular weight excluding hydrogens is 451 g/mol. The fourth-order valence-corrected chi connectivity index (χ4v) is 2.51. The average Bonchev–Trinajstić information content (AvgIpc) is 2.89. The third-order valence-electron chi connectivity index (χ3n) is 3.66. The number of rotatable bonds is 7. The highest BCUT2D eigenvalue weighted by Gasteiger charge is 2.05. The number of benzene rings is 1. The zero-order valence-corrected chi connectivity index (χ0v) is 18.0. The molecule has 0 spiro atoms. The predicted octanol–water partition coefficient (Wildman–Crippen LogP) is 4.25. The summed E-state index contributed by atoms with van der Waals surface area (Å²) in [7, 11) is 0. The van der Waals surface area contributed by atoms with Crippen molar-refractivity contribution < 1.29 is 4.42 Å². The van der Waals surface area contributed by atoms with E-state index in [0.29, 0.717) is 12.4 Å². The van der Waals surface area contributed by atoms with Crippen LogP contribution in [-0.4, -0.2) is 24.0 Å². The van der Waals surface area contributed by atoms with E-state index >= 15 is 0 Å². The van der Waals surface area contributed by atoms with Crippen LogP contribution in [-0.2, 0) is 13.0 Å². The molecule has 0 aliphatic heterocycles. The van der Waals surface area contributed by atoms with Crippen molar-refractivity contribution >= 4 is 41.5 Å². The first kappa shape index (κ1) is 21.8. The van der Waals surface area contributed by atoms with Crippen molar-refractivity contribution in [2.24, 2.45) is 4.99 Å². The lowest BCUT2D eigenvalue weighted by Gasteiger charge is -2.11. The van der Waals surface area contributed by atoms with Gasteiger partial charge in [0.25, 0.3) is 0 Å². The van der Waals surface area contributed by atoms with Gasteiger partial charge in [0.15, 0.2) is 5.96 Å². The van der Waals surface area contributed by atoms with E-state index in [-0.39, 0.29) is 24.0 Å². The van der Waals surface area contributed by atoms with Gasteiger partial charge in [0.2, 0.25) is 5.89 Å². The maximum Gasteiger partial charge on any atom is 0.216 e. The summed E-state index contributed by atoms with van der Waals surface area (Å²) in [5.41, 5.74) is 2.09. The molecule has 0 bridgehead atoms. The Labute approximate surface area is 171 Å². The second-order valence-corrected chi connectivity index (χ2v) is 5.97. The van der Waals surface area contributed by atoms with Gasteiger partial charge in [0.1, 0.15) is 12.3 Å². The van der Waals surface area contributed by atoms with Crippen molar-refractivity contribution in [2.45, 2.75) is 40.2 Å². The summed E-state index contributed by atoms with van der Waals surface area (Å²) in [4.78, 5) is 8.86. The molecule has 0 aliphatic rings. The van der Waals surface area contributed by atoms with Gasteiger partial charge in [-0.25, -0.2) is 9.98 Å². The molecule has 7 heteroatoms. The van der Waals surface area contributed by atoms with Gasteiger partial charge >= 0.3 is 0 Å². The zero-order valence-electron chi connectivity index (χ0n) is 14.9. The van der Waals surface area contributed by atoms with E-state index in [1.165, 1.54) is 5.56 Å². The highest BCUT2D eigenvalue weighted by atomic mass is 127. The van der Waals surface area contributed by atoms with E-state index in [1.54, 1.807) is 0 Å². The van der Waals surface area contributed by atoms with Gasteiger partial charge in [-0.3, -0.25) is 0 Å². The molecule has 0 unspecified atom stereocenters. The first-order chi connectivity index (χ1) is 11.6. The van der Waals surface area contributed by atoms with Gasteiger partial charge in [-0.2, -0.15) is 0 Å². The summed E-state index contributed by atoms with van der Waals surface area (Å²) >= 11 is 6.17. The molecule has 0 fully saturated rings. The Kier molecular flexibility index (Phi) is 9.89. The molecule has 138 valence electrons. The minimum atomic E-state index is 0. The van der Waals surface area contributed by atoms with Crippen LogP contribution in [0.2, 0.25) is 5.02 Å². The summed E-state index contributed by atoms with van der Waals surface area (Å²) in [6.45, 7) is 7.94. The third kappa shape index (κ3) is 7.23. The number of oxazole rings is 1. The number of nitrogens with zero attached hydrogens (tertiary/aromatic N) is 2. The van der Waals surface area contributed by atoms with Crippen LogP contribution in [0.1, 0.15) is 36.3 Å². The second-order valence-electron chi connectivity index (χ2n) is 5.57. The Hall–Kier alpha value is -1.28. The fourth-order valence-electron chi connectivity index (χ4n) is 2.28. The molecule has 0 saturated carbocycles. The largest absolute Gasteiger partial charge is 0.444 e. The number of aryl methyl sites for hydroxylation is 3. The first-order valence-corrected chi connectivity index (χ1v) is 8.66. The van der Waals surface area contributed by atoms with Crippen LogP contribution in [0.4, 0.5) is 0 Å². The summed E-state index contributed by atoms with van der Waals surface area (Å²) < 4.78 is 5.55. The number of halogens is 2. The van der Waals surface area contributed by atoms with Gasteiger partial charge in [-0.15, -0.1) is 24.0 Å². The summed E-state index contributed by atoms with van der Waals surface area (Å²) in [5, 5.41) is 7.38. The van der Waals surface area contributed by atoms with Crippen molar-refractivity contribution in [3.8, 4) is 0 Å². The maximum atomic E-state index is 6.17. The second kappa shape index (κ2) is 11.4. The van der Waals surface area contributed by atoms with E-state index in [4.69, 9.17) is 16.0 Å². The van der Waals surface area contributed by atoms with Crippen molar-refractivity contribution in [1.82, 2.24) is 15.6 Å². The van der Waals surface area contributed by atoms with Gasteiger partial charge in [0, 0.05) is 18.1 Å². The van der Waals surface area contributed by atoms with Crippen molar-refractivity contribution in [3.63, 3.8) is 0 Å². The molecule has 0 atom stereocenters. The molecule has 0 amide bonds. The van der Waals surface area contributed by atoms with Crippen molar-refractivity contribution in [2.75, 3.05) is 13.1 Å². The van der Waals surface area contributed by atoms with Gasteiger partial charge in [-0.05, 0) is 45.2 Å². The van der Waals surface area contributed by atoms with Gasteiger partial charge < -0.3 is 15.1 Å². The topological polar surface area (TPSA) is 62.5 Å². The quantitative estimate of drug-likeness (QED) is 0.271. The smallest absolute Gasteiger partial charge is 0.216 e. The monoisotopic (exact) mass is 476 g/mol. The van der Waals surface area contributed by atoms with E-state index in [2.05, 4.69) is 26.7 Å². The van der Waals surface area contributed by atoms with Crippen LogP contribution in [0, 0.1) is 13.8 Å². The molecule has 1 heterocycles. The Balaban J connectivity index is 0.00000312. The molecular formula is C18H26ClIN4O. The Bertz CT molecular complexity index is 668. The third-order valence-corrected chi connectivity index (χ3v) is 4.03. The maximum absolute atomic E-state index is 6.17. The van der Waals surface area contributed by atoms with Gasteiger partial charge in [0.05, 0.1) is 5.69 Å². The number of nitrogens with one attached hydrogen (secondary N) is 2. The highest BCUT2D eigenvalue weighted by molar-refractivity contribution is 14.0. The van der Waals surface area contributed by atoms with E-state index < -0.39 is 0 Å². The minimum Gasteiger partial charge on any atom is -0.444 e. The van der Waals surface area contributed by atoms with E-state index in [9.17, 15) is 0 Å². The number of aromatic nitrogens is 1. The molecule has 25 heavy (non-hydrogen) atoms. The Morgan fingerprint density at radius 3 is 2.64 bits per heavy atom. The molecule has 2 N–H and O–H groups in total. The summed E-state index contributed by atoms with van der Waals surface area (Å²) in [5.74, 6) is 2.25. The number of hydrogen-bond acceptors (Lipinski definition) is 3. The molecule has 0 radical (unpaired) electrons. The number of guanidine groups is 1. The highest BCUT2D eigenvalue weighted by Crippen LogP contribution is 2.16. The normalized spacial score (nSPS) is 11.1. The fraction of sp³-hybridized carbons (Fsp3) is 0.444. The molecule has 5 nitrogen and oxygen atoms in total. The van der Waals surface area contributed by atoms with E-state index in [0.717, 1.165) is 48.4 Å². The molecule has 0 aliphatic carbocycles. The lowest BCUT2D eigenvalue weighted by Crippen LogP contribution is -2.37. The molecule has 1 aromatic carbocycles. The molecule has 2 aromatic rings. The van der Waals surface area contributed by atoms with Crippen LogP contribution in [0.25, 0.3) is 0 Å². The van der Waals surface area contributed by atoms with Crippen LogP contribution >= 0.6 is 35.6 Å². The first-order valence-electron chi connectivity index (χ1n) is 8.28.